The van der Waals surface area contributed by atoms with Gasteiger partial charge in [-0.2, -0.15) is 0 Å². The van der Waals surface area contributed by atoms with Crippen LogP contribution in [-0.2, 0) is 6.42 Å². The van der Waals surface area contributed by atoms with Crippen LogP contribution in [-0.4, -0.2) is 0 Å². The molecule has 0 aliphatic carbocycles. The van der Waals surface area contributed by atoms with Crippen molar-refractivity contribution in [2.75, 3.05) is 0 Å². The molecule has 0 aliphatic rings. The predicted molar refractivity (Wildman–Crippen MR) is 86.4 cm³/mol. The zero-order valence-corrected chi connectivity index (χ0v) is 13.4. The summed E-state index contributed by atoms with van der Waals surface area (Å²) >= 11 is 1.90. The van der Waals surface area contributed by atoms with Crippen LogP contribution in [0.25, 0.3) is 0 Å². The molecule has 1 aromatic rings. The Morgan fingerprint density at radius 1 is 1.05 bits per heavy atom. The van der Waals surface area contributed by atoms with Crippen molar-refractivity contribution >= 4 is 11.3 Å². The molecule has 0 saturated carbocycles. The molecule has 0 spiro atoms. The first-order valence-corrected chi connectivity index (χ1v) is 8.68. The third-order valence-electron chi connectivity index (χ3n) is 3.67. The van der Waals surface area contributed by atoms with Gasteiger partial charge in [0.25, 0.3) is 0 Å². The van der Waals surface area contributed by atoms with Crippen molar-refractivity contribution in [1.29, 1.82) is 0 Å². The van der Waals surface area contributed by atoms with E-state index < -0.39 is 0 Å². The summed E-state index contributed by atoms with van der Waals surface area (Å²) in [5.41, 5.74) is 2.98. The van der Waals surface area contributed by atoms with E-state index in [4.69, 9.17) is 5.84 Å². The van der Waals surface area contributed by atoms with Crippen LogP contribution < -0.4 is 11.3 Å². The molecule has 3 N–H and O–H groups in total. The van der Waals surface area contributed by atoms with E-state index in [-0.39, 0.29) is 0 Å². The molecular formula is C16H30N2S. The van der Waals surface area contributed by atoms with Gasteiger partial charge in [-0.15, -0.1) is 11.3 Å². The molecule has 0 bridgehead atoms. The molecule has 1 rings (SSSR count). The Hall–Kier alpha value is -0.380. The molecule has 1 aromatic heterocycles. The number of hydrogen-bond acceptors (Lipinski definition) is 3. The standard InChI is InChI=1S/C16H30N2S/c1-3-5-6-7-8-9-10-11-15(18-17)16-13-12-14(4-2)19-16/h12-13,15,18H,3-11,17H2,1-2H3. The van der Waals surface area contributed by atoms with E-state index in [0.717, 1.165) is 12.8 Å². The maximum Gasteiger partial charge on any atom is 0.0553 e. The fourth-order valence-electron chi connectivity index (χ4n) is 2.39. The van der Waals surface area contributed by atoms with Gasteiger partial charge in [-0.25, -0.2) is 0 Å². The van der Waals surface area contributed by atoms with Gasteiger partial charge < -0.3 is 0 Å². The Balaban J connectivity index is 2.18. The largest absolute Gasteiger partial charge is 0.271 e. The molecule has 1 unspecified atom stereocenters. The van der Waals surface area contributed by atoms with E-state index in [1.54, 1.807) is 0 Å². The van der Waals surface area contributed by atoms with Crippen molar-refractivity contribution in [1.82, 2.24) is 5.43 Å². The Labute approximate surface area is 122 Å². The van der Waals surface area contributed by atoms with E-state index in [1.807, 2.05) is 11.3 Å². The number of thiophene rings is 1. The average Bonchev–Trinajstić information content (AvgIpc) is 2.91. The number of unbranched alkanes of at least 4 members (excludes halogenated alkanes) is 6. The second-order valence-corrected chi connectivity index (χ2v) is 6.49. The number of hydrazine groups is 1. The first-order valence-electron chi connectivity index (χ1n) is 7.86. The van der Waals surface area contributed by atoms with Crippen molar-refractivity contribution in [3.63, 3.8) is 0 Å². The summed E-state index contributed by atoms with van der Waals surface area (Å²) < 4.78 is 0. The number of nitrogens with two attached hydrogens (primary N) is 1. The highest BCUT2D eigenvalue weighted by Crippen LogP contribution is 2.27. The molecule has 19 heavy (non-hydrogen) atoms. The monoisotopic (exact) mass is 282 g/mol. The van der Waals surface area contributed by atoms with Crippen molar-refractivity contribution < 1.29 is 0 Å². The summed E-state index contributed by atoms with van der Waals surface area (Å²) in [4.78, 5) is 2.85. The fraction of sp³-hybridized carbons (Fsp3) is 0.750. The lowest BCUT2D eigenvalue weighted by Gasteiger charge is -2.13. The Kier molecular flexibility index (Phi) is 9.14. The van der Waals surface area contributed by atoms with Crippen LogP contribution in [0.1, 0.15) is 81.0 Å². The number of hydrogen-bond donors (Lipinski definition) is 2. The van der Waals surface area contributed by atoms with Gasteiger partial charge in [0, 0.05) is 9.75 Å². The second-order valence-electron chi connectivity index (χ2n) is 5.29. The van der Waals surface area contributed by atoms with Crippen molar-refractivity contribution in [3.8, 4) is 0 Å². The molecular weight excluding hydrogens is 252 g/mol. The van der Waals surface area contributed by atoms with E-state index >= 15 is 0 Å². The van der Waals surface area contributed by atoms with Gasteiger partial charge in [0.15, 0.2) is 0 Å². The lowest BCUT2D eigenvalue weighted by Crippen LogP contribution is -2.27. The van der Waals surface area contributed by atoms with Crippen LogP contribution in [0.2, 0.25) is 0 Å². The lowest BCUT2D eigenvalue weighted by molar-refractivity contribution is 0.481. The van der Waals surface area contributed by atoms with Gasteiger partial charge in [-0.1, -0.05) is 58.8 Å². The van der Waals surface area contributed by atoms with Crippen molar-refractivity contribution in [2.24, 2.45) is 5.84 Å². The van der Waals surface area contributed by atoms with Crippen LogP contribution in [0.15, 0.2) is 12.1 Å². The quantitative estimate of drug-likeness (QED) is 0.342. The zero-order chi connectivity index (χ0) is 13.9. The molecule has 1 heterocycles. The minimum Gasteiger partial charge on any atom is -0.271 e. The first-order chi connectivity index (χ1) is 9.31. The number of aryl methyl sites for hydroxylation is 1. The summed E-state index contributed by atoms with van der Waals surface area (Å²) in [6.45, 7) is 4.47. The van der Waals surface area contributed by atoms with Crippen LogP contribution >= 0.6 is 11.3 Å². The zero-order valence-electron chi connectivity index (χ0n) is 12.6. The normalized spacial score (nSPS) is 12.8. The van der Waals surface area contributed by atoms with Gasteiger partial charge in [0.05, 0.1) is 6.04 Å². The number of rotatable bonds is 11. The molecule has 0 fully saturated rings. The van der Waals surface area contributed by atoms with E-state index in [1.165, 1.54) is 54.7 Å². The maximum absolute atomic E-state index is 5.69. The van der Waals surface area contributed by atoms with Crippen LogP contribution in [0.4, 0.5) is 0 Å². The highest BCUT2D eigenvalue weighted by atomic mass is 32.1. The summed E-state index contributed by atoms with van der Waals surface area (Å²) in [7, 11) is 0. The third-order valence-corrected chi connectivity index (χ3v) is 5.02. The molecule has 1 atom stereocenters. The summed E-state index contributed by atoms with van der Waals surface area (Å²) in [6.07, 6.45) is 11.8. The topological polar surface area (TPSA) is 38.0 Å². The van der Waals surface area contributed by atoms with Gasteiger partial charge >= 0.3 is 0 Å². The smallest absolute Gasteiger partial charge is 0.0553 e. The average molecular weight is 282 g/mol. The highest BCUT2D eigenvalue weighted by molar-refractivity contribution is 7.12. The van der Waals surface area contributed by atoms with Gasteiger partial charge in [-0.3, -0.25) is 11.3 Å². The highest BCUT2D eigenvalue weighted by Gasteiger charge is 2.11. The predicted octanol–water partition coefficient (Wildman–Crippen LogP) is 4.96. The third kappa shape index (κ3) is 6.55. The minimum absolute atomic E-state index is 0.348. The Morgan fingerprint density at radius 2 is 1.74 bits per heavy atom. The minimum atomic E-state index is 0.348. The SMILES string of the molecule is CCCCCCCCCC(NN)c1ccc(CC)s1. The fourth-order valence-corrected chi connectivity index (χ4v) is 3.43. The van der Waals surface area contributed by atoms with Crippen LogP contribution in [0.5, 0.6) is 0 Å². The van der Waals surface area contributed by atoms with Gasteiger partial charge in [-0.05, 0) is 25.0 Å². The van der Waals surface area contributed by atoms with E-state index in [9.17, 15) is 0 Å². The second kappa shape index (κ2) is 10.4. The molecule has 0 aliphatic heterocycles. The van der Waals surface area contributed by atoms with Crippen molar-refractivity contribution in [2.45, 2.75) is 77.7 Å². The Bertz CT molecular complexity index is 322. The number of nitrogens with one attached hydrogen (secondary N) is 1. The molecule has 0 aromatic carbocycles. The molecule has 0 amide bonds. The molecule has 0 radical (unpaired) electrons. The lowest BCUT2D eigenvalue weighted by atomic mass is 10.0. The molecule has 3 heteroatoms. The van der Waals surface area contributed by atoms with Crippen LogP contribution in [0.3, 0.4) is 0 Å². The summed E-state index contributed by atoms with van der Waals surface area (Å²) in [5.74, 6) is 5.69. The van der Waals surface area contributed by atoms with Crippen LogP contribution in [0, 0.1) is 0 Å². The van der Waals surface area contributed by atoms with Crippen molar-refractivity contribution in [3.05, 3.63) is 21.9 Å². The first kappa shape index (κ1) is 16.7. The summed E-state index contributed by atoms with van der Waals surface area (Å²) in [5, 5.41) is 0. The van der Waals surface area contributed by atoms with E-state index in [0.29, 0.717) is 6.04 Å². The maximum atomic E-state index is 5.69. The summed E-state index contributed by atoms with van der Waals surface area (Å²) in [6, 6.07) is 4.81. The molecule has 0 saturated heterocycles. The van der Waals surface area contributed by atoms with Gasteiger partial charge in [0.1, 0.15) is 0 Å². The molecule has 110 valence electrons. The van der Waals surface area contributed by atoms with E-state index in [2.05, 4.69) is 31.4 Å². The van der Waals surface area contributed by atoms with Gasteiger partial charge in [0.2, 0.25) is 0 Å². The Morgan fingerprint density at radius 3 is 2.32 bits per heavy atom. The molecule has 2 nitrogen and oxygen atoms in total.